The first kappa shape index (κ1) is 20.2. The molecule has 4 rings (SSSR count). The number of amides is 1. The molecule has 6 heteroatoms. The van der Waals surface area contributed by atoms with Crippen LogP contribution in [0.1, 0.15) is 40.7 Å². The standard InChI is InChI=1S/C24H25N3O2S/c1-4-5-6-17-7-11-19(12-8-17)25-23(28)22-16(2)27-15-21(26-24(27)30-22)18-9-13-20(29-3)14-10-18/h7-15H,4-6H2,1-3H3,(H,25,28). The van der Waals surface area contributed by atoms with Crippen LogP contribution < -0.4 is 10.1 Å². The Morgan fingerprint density at radius 3 is 2.50 bits per heavy atom. The smallest absolute Gasteiger partial charge is 0.267 e. The molecule has 2 aromatic carbocycles. The number of benzene rings is 2. The van der Waals surface area contributed by atoms with Gasteiger partial charge in [-0.05, 0) is 61.7 Å². The minimum Gasteiger partial charge on any atom is -0.497 e. The van der Waals surface area contributed by atoms with Crippen LogP contribution in [-0.4, -0.2) is 22.4 Å². The number of hydrogen-bond acceptors (Lipinski definition) is 4. The van der Waals surface area contributed by atoms with Crippen LogP contribution in [0.3, 0.4) is 0 Å². The van der Waals surface area contributed by atoms with Crippen molar-refractivity contribution in [2.75, 3.05) is 12.4 Å². The minimum absolute atomic E-state index is 0.102. The molecule has 0 saturated carbocycles. The molecule has 1 amide bonds. The van der Waals surface area contributed by atoms with Crippen LogP contribution in [0.4, 0.5) is 5.69 Å². The summed E-state index contributed by atoms with van der Waals surface area (Å²) in [5.74, 6) is 0.712. The Kier molecular flexibility index (Phi) is 5.86. The summed E-state index contributed by atoms with van der Waals surface area (Å²) in [5.41, 5.74) is 4.89. The van der Waals surface area contributed by atoms with Gasteiger partial charge in [-0.2, -0.15) is 0 Å². The van der Waals surface area contributed by atoms with Crippen molar-refractivity contribution in [2.24, 2.45) is 0 Å². The number of imidazole rings is 1. The van der Waals surface area contributed by atoms with Crippen LogP contribution in [0.25, 0.3) is 16.2 Å². The molecule has 0 aliphatic rings. The van der Waals surface area contributed by atoms with Gasteiger partial charge in [-0.15, -0.1) is 0 Å². The van der Waals surface area contributed by atoms with Gasteiger partial charge in [0, 0.05) is 23.1 Å². The van der Waals surface area contributed by atoms with E-state index in [1.165, 1.54) is 29.7 Å². The first-order chi connectivity index (χ1) is 14.6. The van der Waals surface area contributed by atoms with Crippen molar-refractivity contribution >= 4 is 27.9 Å². The van der Waals surface area contributed by atoms with Crippen LogP contribution in [0.15, 0.2) is 54.7 Å². The van der Waals surface area contributed by atoms with E-state index in [4.69, 9.17) is 9.72 Å². The lowest BCUT2D eigenvalue weighted by atomic mass is 10.1. The van der Waals surface area contributed by atoms with E-state index in [1.54, 1.807) is 7.11 Å². The third-order valence-electron chi connectivity index (χ3n) is 5.18. The Labute approximate surface area is 180 Å². The minimum atomic E-state index is -0.102. The average molecular weight is 420 g/mol. The normalized spacial score (nSPS) is 11.0. The maximum absolute atomic E-state index is 12.8. The second-order valence-corrected chi connectivity index (χ2v) is 8.26. The SMILES string of the molecule is CCCCc1ccc(NC(=O)c2sc3nc(-c4ccc(OC)cc4)cn3c2C)cc1. The zero-order valence-corrected chi connectivity index (χ0v) is 18.3. The molecule has 30 heavy (non-hydrogen) atoms. The van der Waals surface area contributed by atoms with Gasteiger partial charge in [0.25, 0.3) is 5.91 Å². The van der Waals surface area contributed by atoms with E-state index < -0.39 is 0 Å². The zero-order chi connectivity index (χ0) is 21.1. The highest BCUT2D eigenvalue weighted by Crippen LogP contribution is 2.28. The summed E-state index contributed by atoms with van der Waals surface area (Å²) < 4.78 is 7.19. The number of thiazole rings is 1. The van der Waals surface area contributed by atoms with E-state index in [1.807, 2.05) is 53.9 Å². The van der Waals surface area contributed by atoms with E-state index in [-0.39, 0.29) is 5.91 Å². The molecule has 0 fully saturated rings. The zero-order valence-electron chi connectivity index (χ0n) is 17.4. The van der Waals surface area contributed by atoms with Crippen LogP contribution >= 0.6 is 11.3 Å². The predicted molar refractivity (Wildman–Crippen MR) is 123 cm³/mol. The maximum Gasteiger partial charge on any atom is 0.267 e. The number of methoxy groups -OCH3 is 1. The number of nitrogens with zero attached hydrogens (tertiary/aromatic N) is 2. The Morgan fingerprint density at radius 2 is 1.87 bits per heavy atom. The quantitative estimate of drug-likeness (QED) is 0.401. The number of nitrogens with one attached hydrogen (secondary N) is 1. The molecule has 2 aromatic heterocycles. The van der Waals surface area contributed by atoms with Crippen molar-refractivity contribution in [1.82, 2.24) is 9.38 Å². The Balaban J connectivity index is 1.52. The summed E-state index contributed by atoms with van der Waals surface area (Å²) in [6.07, 6.45) is 5.40. The van der Waals surface area contributed by atoms with Crippen molar-refractivity contribution in [1.29, 1.82) is 0 Å². The first-order valence-electron chi connectivity index (χ1n) is 10.1. The molecule has 0 radical (unpaired) electrons. The number of carbonyl (C=O) groups is 1. The summed E-state index contributed by atoms with van der Waals surface area (Å²) in [6.45, 7) is 4.14. The van der Waals surface area contributed by atoms with Gasteiger partial charge in [-0.3, -0.25) is 9.20 Å². The number of aryl methyl sites for hydroxylation is 2. The lowest BCUT2D eigenvalue weighted by Gasteiger charge is -2.06. The van der Waals surface area contributed by atoms with Gasteiger partial charge in [0.05, 0.1) is 12.8 Å². The van der Waals surface area contributed by atoms with E-state index in [9.17, 15) is 4.79 Å². The summed E-state index contributed by atoms with van der Waals surface area (Å²) in [4.78, 5) is 19.0. The largest absolute Gasteiger partial charge is 0.497 e. The number of rotatable bonds is 7. The van der Waals surface area contributed by atoms with Gasteiger partial charge in [0.2, 0.25) is 0 Å². The molecule has 2 heterocycles. The van der Waals surface area contributed by atoms with Crippen molar-refractivity contribution < 1.29 is 9.53 Å². The highest BCUT2D eigenvalue weighted by Gasteiger charge is 2.18. The summed E-state index contributed by atoms with van der Waals surface area (Å²) in [7, 11) is 1.65. The average Bonchev–Trinajstić information content (AvgIpc) is 3.33. The molecule has 0 spiro atoms. The van der Waals surface area contributed by atoms with Gasteiger partial charge in [-0.25, -0.2) is 4.98 Å². The van der Waals surface area contributed by atoms with Gasteiger partial charge < -0.3 is 10.1 Å². The highest BCUT2D eigenvalue weighted by molar-refractivity contribution is 7.19. The molecule has 0 saturated heterocycles. The molecular weight excluding hydrogens is 394 g/mol. The van der Waals surface area contributed by atoms with Gasteiger partial charge in [0.15, 0.2) is 4.96 Å². The monoisotopic (exact) mass is 419 g/mol. The van der Waals surface area contributed by atoms with Crippen LogP contribution in [0.2, 0.25) is 0 Å². The molecule has 0 aliphatic carbocycles. The molecule has 0 atom stereocenters. The number of carbonyl (C=O) groups excluding carboxylic acids is 1. The number of ether oxygens (including phenoxy) is 1. The molecule has 0 aliphatic heterocycles. The van der Waals surface area contributed by atoms with Crippen molar-refractivity contribution in [3.63, 3.8) is 0 Å². The molecule has 0 bridgehead atoms. The lowest BCUT2D eigenvalue weighted by molar-refractivity contribution is 0.102. The van der Waals surface area contributed by atoms with E-state index in [0.717, 1.165) is 39.8 Å². The fourth-order valence-corrected chi connectivity index (χ4v) is 4.39. The van der Waals surface area contributed by atoms with Crippen molar-refractivity contribution in [3.8, 4) is 17.0 Å². The number of anilines is 1. The van der Waals surface area contributed by atoms with Crippen LogP contribution in [-0.2, 0) is 6.42 Å². The topological polar surface area (TPSA) is 55.6 Å². The first-order valence-corrected chi connectivity index (χ1v) is 10.9. The van der Waals surface area contributed by atoms with Gasteiger partial charge in [0.1, 0.15) is 10.6 Å². The molecule has 0 unspecified atom stereocenters. The Bertz CT molecular complexity index is 1160. The van der Waals surface area contributed by atoms with Gasteiger partial charge in [-0.1, -0.05) is 36.8 Å². The second kappa shape index (κ2) is 8.71. The molecule has 154 valence electrons. The second-order valence-electron chi connectivity index (χ2n) is 7.28. The Hall–Kier alpha value is -3.12. The van der Waals surface area contributed by atoms with Gasteiger partial charge >= 0.3 is 0 Å². The molecular formula is C24H25N3O2S. The molecule has 1 N–H and O–H groups in total. The van der Waals surface area contributed by atoms with Crippen molar-refractivity contribution in [3.05, 3.63) is 70.9 Å². The van der Waals surface area contributed by atoms with E-state index >= 15 is 0 Å². The number of hydrogen-bond donors (Lipinski definition) is 1. The van der Waals surface area contributed by atoms with Crippen LogP contribution in [0.5, 0.6) is 5.75 Å². The molecule has 4 aromatic rings. The third-order valence-corrected chi connectivity index (χ3v) is 6.34. The van der Waals surface area contributed by atoms with E-state index in [0.29, 0.717) is 4.88 Å². The summed E-state index contributed by atoms with van der Waals surface area (Å²) >= 11 is 1.40. The number of aromatic nitrogens is 2. The molecule has 5 nitrogen and oxygen atoms in total. The lowest BCUT2D eigenvalue weighted by Crippen LogP contribution is -2.11. The van der Waals surface area contributed by atoms with Crippen molar-refractivity contribution in [2.45, 2.75) is 33.1 Å². The number of unbranched alkanes of at least 4 members (excludes halogenated alkanes) is 1. The summed E-state index contributed by atoms with van der Waals surface area (Å²) in [6, 6.07) is 15.9. The summed E-state index contributed by atoms with van der Waals surface area (Å²) in [5, 5.41) is 3.01. The fourth-order valence-electron chi connectivity index (χ4n) is 3.39. The van der Waals surface area contributed by atoms with E-state index in [2.05, 4.69) is 24.4 Å². The Morgan fingerprint density at radius 1 is 1.13 bits per heavy atom. The number of fused-ring (bicyclic) bond motifs is 1. The van der Waals surface area contributed by atoms with Crippen LogP contribution in [0, 0.1) is 6.92 Å². The highest BCUT2D eigenvalue weighted by atomic mass is 32.1. The maximum atomic E-state index is 12.8. The predicted octanol–water partition coefficient (Wildman–Crippen LogP) is 5.97. The third kappa shape index (κ3) is 4.09. The fraction of sp³-hybridized carbons (Fsp3) is 0.250.